The number of aromatic nitrogens is 1. The van der Waals surface area contributed by atoms with Crippen LogP contribution < -0.4 is 20.1 Å². The van der Waals surface area contributed by atoms with E-state index >= 15 is 0 Å². The fourth-order valence-electron chi connectivity index (χ4n) is 6.75. The molecular formula is C36H41N3O6. The van der Waals surface area contributed by atoms with Gasteiger partial charge in [0.25, 0.3) is 5.91 Å². The lowest BCUT2D eigenvalue weighted by Gasteiger charge is -2.23. The molecule has 4 aromatic rings. The smallest absolute Gasteiger partial charge is 0.252 e. The molecule has 0 spiro atoms. The van der Waals surface area contributed by atoms with Gasteiger partial charge in [0.2, 0.25) is 5.91 Å². The summed E-state index contributed by atoms with van der Waals surface area (Å²) < 4.78 is 19.1. The largest absolute Gasteiger partial charge is 0.508 e. The predicted octanol–water partition coefficient (Wildman–Crippen LogP) is 5.57. The van der Waals surface area contributed by atoms with Crippen LogP contribution in [-0.4, -0.2) is 61.5 Å². The minimum absolute atomic E-state index is 0.142. The zero-order valence-corrected chi connectivity index (χ0v) is 25.9. The minimum atomic E-state index is -0.813. The number of fused-ring (bicyclic) bond motifs is 5. The summed E-state index contributed by atoms with van der Waals surface area (Å²) >= 11 is 0. The van der Waals surface area contributed by atoms with Crippen molar-refractivity contribution in [2.24, 2.45) is 0 Å². The Kier molecular flexibility index (Phi) is 9.26. The van der Waals surface area contributed by atoms with E-state index < -0.39 is 6.04 Å². The van der Waals surface area contributed by atoms with Crippen molar-refractivity contribution in [2.75, 3.05) is 34.0 Å². The fraction of sp³-hybridized carbons (Fsp3) is 0.389. The minimum Gasteiger partial charge on any atom is -0.508 e. The summed E-state index contributed by atoms with van der Waals surface area (Å²) in [6.07, 6.45) is 6.22. The Morgan fingerprint density at radius 3 is 2.58 bits per heavy atom. The van der Waals surface area contributed by atoms with Crippen LogP contribution in [0.5, 0.6) is 17.2 Å². The molecule has 2 heterocycles. The number of rotatable bonds is 10. The second-order valence-electron chi connectivity index (χ2n) is 11.9. The summed E-state index contributed by atoms with van der Waals surface area (Å²) in [4.78, 5) is 27.0. The molecule has 1 aliphatic carbocycles. The van der Waals surface area contributed by atoms with Crippen molar-refractivity contribution < 1.29 is 28.9 Å². The van der Waals surface area contributed by atoms with Crippen LogP contribution in [0, 0.1) is 0 Å². The first kappa shape index (κ1) is 30.5. The molecule has 2 aliphatic rings. The number of benzene rings is 3. The van der Waals surface area contributed by atoms with Crippen LogP contribution in [0.25, 0.3) is 22.2 Å². The Bertz CT molecular complexity index is 1670. The van der Waals surface area contributed by atoms with Crippen molar-refractivity contribution in [3.05, 3.63) is 77.4 Å². The van der Waals surface area contributed by atoms with Crippen molar-refractivity contribution in [2.45, 2.75) is 57.0 Å². The van der Waals surface area contributed by atoms with Crippen molar-refractivity contribution in [3.8, 4) is 28.5 Å². The number of hydrogen-bond acceptors (Lipinski definition) is 6. The number of carbonyl (C=O) groups is 2. The number of hydrogen-bond donors (Lipinski definition) is 3. The molecule has 1 aliphatic heterocycles. The number of phenolic OH excluding ortho intramolecular Hbond substituents is 1. The van der Waals surface area contributed by atoms with Gasteiger partial charge in [-0.25, -0.2) is 0 Å². The third kappa shape index (κ3) is 6.49. The summed E-state index contributed by atoms with van der Waals surface area (Å²) in [6, 6.07) is 17.8. The Morgan fingerprint density at radius 1 is 1.02 bits per heavy atom. The van der Waals surface area contributed by atoms with Gasteiger partial charge < -0.3 is 34.5 Å². The Hall–Kier alpha value is -4.50. The van der Waals surface area contributed by atoms with E-state index in [0.717, 1.165) is 52.1 Å². The predicted molar refractivity (Wildman–Crippen MR) is 173 cm³/mol. The highest BCUT2D eigenvalue weighted by atomic mass is 16.5. The molecule has 3 N–H and O–H groups in total. The molecule has 0 saturated heterocycles. The normalized spacial score (nSPS) is 15.3. The molecule has 0 radical (unpaired) electrons. The van der Waals surface area contributed by atoms with Gasteiger partial charge in [0.15, 0.2) is 0 Å². The third-order valence-corrected chi connectivity index (χ3v) is 9.00. The Labute approximate surface area is 263 Å². The van der Waals surface area contributed by atoms with Crippen LogP contribution >= 0.6 is 0 Å². The molecule has 1 atom stereocenters. The number of methoxy groups -OCH3 is 2. The van der Waals surface area contributed by atoms with Crippen LogP contribution in [0.1, 0.15) is 59.5 Å². The van der Waals surface area contributed by atoms with Gasteiger partial charge in [-0.1, -0.05) is 37.5 Å². The first-order valence-electron chi connectivity index (χ1n) is 15.8. The van der Waals surface area contributed by atoms with Crippen LogP contribution in [0.15, 0.2) is 60.7 Å². The van der Waals surface area contributed by atoms with Crippen molar-refractivity contribution in [3.63, 3.8) is 0 Å². The Morgan fingerprint density at radius 2 is 1.82 bits per heavy atom. The summed E-state index contributed by atoms with van der Waals surface area (Å²) in [6.45, 7) is 1.84. The molecule has 9 heteroatoms. The van der Waals surface area contributed by atoms with Gasteiger partial charge >= 0.3 is 0 Å². The number of nitrogens with zero attached hydrogens (tertiary/aromatic N) is 1. The van der Waals surface area contributed by atoms with Gasteiger partial charge in [0.1, 0.15) is 29.9 Å². The second kappa shape index (κ2) is 13.6. The number of nitrogens with one attached hydrogen (secondary N) is 2. The van der Waals surface area contributed by atoms with E-state index in [0.29, 0.717) is 37.8 Å². The lowest BCUT2D eigenvalue weighted by molar-refractivity contribution is -0.123. The molecule has 3 aromatic carbocycles. The van der Waals surface area contributed by atoms with Gasteiger partial charge in [-0.05, 0) is 66.3 Å². The average Bonchev–Trinajstić information content (AvgIpc) is 3.26. The molecule has 6 rings (SSSR count). The molecule has 45 heavy (non-hydrogen) atoms. The van der Waals surface area contributed by atoms with Gasteiger partial charge in [-0.15, -0.1) is 0 Å². The van der Waals surface area contributed by atoms with E-state index in [-0.39, 0.29) is 24.0 Å². The highest BCUT2D eigenvalue weighted by Crippen LogP contribution is 2.47. The van der Waals surface area contributed by atoms with Crippen molar-refractivity contribution >= 4 is 22.7 Å². The van der Waals surface area contributed by atoms with E-state index in [1.54, 1.807) is 38.5 Å². The SMILES string of the molecule is COCCNC(=O)[C@H](Cc1ccc(O)cc1)NC(=O)c1ccc2c(C3CCCCC3)c3n(c2c1)CCOc1cc(OC)ccc1-3. The van der Waals surface area contributed by atoms with Crippen molar-refractivity contribution in [1.82, 2.24) is 15.2 Å². The fourth-order valence-corrected chi connectivity index (χ4v) is 6.75. The number of amides is 2. The number of aromatic hydroxyl groups is 1. The van der Waals surface area contributed by atoms with Gasteiger partial charge in [-0.3, -0.25) is 9.59 Å². The first-order valence-corrected chi connectivity index (χ1v) is 15.8. The van der Waals surface area contributed by atoms with Crippen LogP contribution in [-0.2, 0) is 22.5 Å². The molecular weight excluding hydrogens is 570 g/mol. The van der Waals surface area contributed by atoms with E-state index in [4.69, 9.17) is 14.2 Å². The highest BCUT2D eigenvalue weighted by Gasteiger charge is 2.30. The molecule has 0 bridgehead atoms. The molecule has 2 amide bonds. The maximum absolute atomic E-state index is 13.8. The van der Waals surface area contributed by atoms with Crippen LogP contribution in [0.3, 0.4) is 0 Å². The number of carbonyl (C=O) groups excluding carboxylic acids is 2. The summed E-state index contributed by atoms with van der Waals surface area (Å²) in [5.41, 5.74) is 5.82. The Balaban J connectivity index is 1.37. The molecule has 1 aromatic heterocycles. The van der Waals surface area contributed by atoms with Gasteiger partial charge in [-0.2, -0.15) is 0 Å². The molecule has 0 unspecified atom stereocenters. The lowest BCUT2D eigenvalue weighted by Crippen LogP contribution is -2.48. The van der Waals surface area contributed by atoms with Crippen molar-refractivity contribution in [1.29, 1.82) is 0 Å². The second-order valence-corrected chi connectivity index (χ2v) is 11.9. The molecule has 236 valence electrons. The molecule has 1 saturated carbocycles. The van der Waals surface area contributed by atoms with E-state index in [1.165, 1.54) is 24.8 Å². The number of phenols is 1. The maximum atomic E-state index is 13.8. The standard InChI is InChI=1S/C36H41N3O6/c1-43-18-16-37-36(42)30(20-23-8-11-26(40)12-9-23)38-35(41)25-10-14-28-31(21-25)39-17-19-45-32-22-27(44-2)13-15-29(32)34(39)33(28)24-6-4-3-5-7-24/h8-15,21-22,24,30,40H,3-7,16-20H2,1-2H3,(H,37,42)(H,38,41)/t30-/m0/s1. The van der Waals surface area contributed by atoms with E-state index in [2.05, 4.69) is 27.3 Å². The first-order chi connectivity index (χ1) is 22.0. The zero-order valence-electron chi connectivity index (χ0n) is 25.9. The quantitative estimate of drug-likeness (QED) is 0.202. The van der Waals surface area contributed by atoms with E-state index in [1.807, 2.05) is 24.3 Å². The van der Waals surface area contributed by atoms with E-state index in [9.17, 15) is 14.7 Å². The monoisotopic (exact) mass is 611 g/mol. The average molecular weight is 612 g/mol. The topological polar surface area (TPSA) is 111 Å². The zero-order chi connectivity index (χ0) is 31.3. The highest BCUT2D eigenvalue weighted by molar-refractivity contribution is 6.02. The maximum Gasteiger partial charge on any atom is 0.252 e. The van der Waals surface area contributed by atoms with Gasteiger partial charge in [0.05, 0.1) is 26.0 Å². The van der Waals surface area contributed by atoms with Gasteiger partial charge in [0, 0.05) is 48.2 Å². The third-order valence-electron chi connectivity index (χ3n) is 9.00. The van der Waals surface area contributed by atoms with Crippen LogP contribution in [0.2, 0.25) is 0 Å². The summed E-state index contributed by atoms with van der Waals surface area (Å²) in [5.74, 6) is 1.51. The molecule has 9 nitrogen and oxygen atoms in total. The summed E-state index contributed by atoms with van der Waals surface area (Å²) in [7, 11) is 3.23. The van der Waals surface area contributed by atoms with Crippen LogP contribution in [0.4, 0.5) is 0 Å². The molecule has 1 fully saturated rings. The number of ether oxygens (including phenoxy) is 3. The summed E-state index contributed by atoms with van der Waals surface area (Å²) in [5, 5.41) is 16.7. The lowest BCUT2D eigenvalue weighted by atomic mass is 9.81.